The van der Waals surface area contributed by atoms with Crippen molar-refractivity contribution in [3.63, 3.8) is 0 Å². The van der Waals surface area contributed by atoms with Gasteiger partial charge < -0.3 is 10.4 Å². The van der Waals surface area contributed by atoms with Crippen molar-refractivity contribution in [2.75, 3.05) is 0 Å². The molecule has 0 aliphatic heterocycles. The lowest BCUT2D eigenvalue weighted by molar-refractivity contribution is -0.142. The molecule has 0 saturated heterocycles. The number of carbonyl (C=O) groups excluding carboxylic acids is 1. The molecule has 1 unspecified atom stereocenters. The lowest BCUT2D eigenvalue weighted by atomic mass is 9.86. The topological polar surface area (TPSA) is 66.4 Å². The molecule has 2 N–H and O–H groups in total. The van der Waals surface area contributed by atoms with Gasteiger partial charge >= 0.3 is 5.97 Å². The van der Waals surface area contributed by atoms with Crippen molar-refractivity contribution in [1.82, 2.24) is 5.32 Å². The minimum absolute atomic E-state index is 0.344. The molecule has 104 valence electrons. The van der Waals surface area contributed by atoms with Gasteiger partial charge in [0.05, 0.1) is 0 Å². The van der Waals surface area contributed by atoms with E-state index in [0.717, 1.165) is 11.1 Å². The molecule has 1 aromatic rings. The number of carboxylic acids is 1. The molecule has 0 bridgehead atoms. The standard InChI is InChI=1S/C15H21NO3/c1-9-6-7-10(2)11(8-9)13(17)16-12(14(18)19)15(3,4)5/h6-8,12H,1-5H3,(H,16,17)(H,18,19). The minimum Gasteiger partial charge on any atom is -0.480 e. The SMILES string of the molecule is Cc1ccc(C)c(C(=O)NC(C(=O)O)C(C)(C)C)c1. The van der Waals surface area contributed by atoms with E-state index in [-0.39, 0.29) is 5.91 Å². The second-order valence-corrected chi connectivity index (χ2v) is 5.93. The molecular weight excluding hydrogens is 242 g/mol. The van der Waals surface area contributed by atoms with E-state index in [9.17, 15) is 14.7 Å². The van der Waals surface area contributed by atoms with Crippen molar-refractivity contribution in [3.8, 4) is 0 Å². The van der Waals surface area contributed by atoms with Crippen LogP contribution in [0.25, 0.3) is 0 Å². The number of carbonyl (C=O) groups is 2. The zero-order valence-electron chi connectivity index (χ0n) is 12.1. The van der Waals surface area contributed by atoms with Gasteiger partial charge in [-0.25, -0.2) is 4.79 Å². The average molecular weight is 263 g/mol. The molecule has 1 atom stereocenters. The molecule has 4 heteroatoms. The van der Waals surface area contributed by atoms with Gasteiger partial charge in [0.1, 0.15) is 6.04 Å². The van der Waals surface area contributed by atoms with Gasteiger partial charge in [-0.1, -0.05) is 38.5 Å². The molecule has 0 heterocycles. The van der Waals surface area contributed by atoms with Crippen molar-refractivity contribution in [3.05, 3.63) is 34.9 Å². The van der Waals surface area contributed by atoms with Crippen molar-refractivity contribution in [1.29, 1.82) is 0 Å². The van der Waals surface area contributed by atoms with Crippen LogP contribution >= 0.6 is 0 Å². The first-order valence-electron chi connectivity index (χ1n) is 6.24. The van der Waals surface area contributed by atoms with Crippen molar-refractivity contribution in [2.24, 2.45) is 5.41 Å². The van der Waals surface area contributed by atoms with Gasteiger partial charge in [0.2, 0.25) is 0 Å². The molecule has 0 aliphatic carbocycles. The third-order valence-corrected chi connectivity index (χ3v) is 3.03. The average Bonchev–Trinajstić information content (AvgIpc) is 2.26. The van der Waals surface area contributed by atoms with Gasteiger partial charge in [-0.15, -0.1) is 0 Å². The van der Waals surface area contributed by atoms with Gasteiger partial charge in [-0.3, -0.25) is 4.79 Å². The monoisotopic (exact) mass is 263 g/mol. The van der Waals surface area contributed by atoms with Crippen LogP contribution in [-0.4, -0.2) is 23.0 Å². The quantitative estimate of drug-likeness (QED) is 0.880. The van der Waals surface area contributed by atoms with Crippen LogP contribution in [0.2, 0.25) is 0 Å². The van der Waals surface area contributed by atoms with Gasteiger partial charge in [0.25, 0.3) is 5.91 Å². The van der Waals surface area contributed by atoms with E-state index in [0.29, 0.717) is 5.56 Å². The maximum atomic E-state index is 12.2. The van der Waals surface area contributed by atoms with Crippen molar-refractivity contribution < 1.29 is 14.7 Å². The number of carboxylic acid groups (broad SMARTS) is 1. The smallest absolute Gasteiger partial charge is 0.326 e. The predicted octanol–water partition coefficient (Wildman–Crippen LogP) is 2.53. The molecule has 0 aliphatic rings. The highest BCUT2D eigenvalue weighted by Gasteiger charge is 2.33. The summed E-state index contributed by atoms with van der Waals surface area (Å²) in [5, 5.41) is 11.8. The first-order valence-corrected chi connectivity index (χ1v) is 6.24. The lowest BCUT2D eigenvalue weighted by Gasteiger charge is -2.28. The third kappa shape index (κ3) is 3.81. The molecule has 1 aromatic carbocycles. The Hall–Kier alpha value is -1.84. The highest BCUT2D eigenvalue weighted by Crippen LogP contribution is 2.20. The molecule has 0 radical (unpaired) electrons. The molecule has 0 fully saturated rings. The highest BCUT2D eigenvalue weighted by atomic mass is 16.4. The molecule has 4 nitrogen and oxygen atoms in total. The number of rotatable bonds is 3. The van der Waals surface area contributed by atoms with E-state index >= 15 is 0 Å². The normalized spacial score (nSPS) is 12.9. The fourth-order valence-corrected chi connectivity index (χ4v) is 1.84. The summed E-state index contributed by atoms with van der Waals surface area (Å²) >= 11 is 0. The molecule has 19 heavy (non-hydrogen) atoms. The van der Waals surface area contributed by atoms with E-state index in [1.54, 1.807) is 26.8 Å². The summed E-state index contributed by atoms with van der Waals surface area (Å²) in [6.45, 7) is 9.09. The molecule has 0 aromatic heterocycles. The summed E-state index contributed by atoms with van der Waals surface area (Å²) in [6.07, 6.45) is 0. The Morgan fingerprint density at radius 1 is 1.21 bits per heavy atom. The Morgan fingerprint density at radius 3 is 2.26 bits per heavy atom. The predicted molar refractivity (Wildman–Crippen MR) is 74.3 cm³/mol. The Labute approximate surface area is 113 Å². The number of amides is 1. The number of hydrogen-bond acceptors (Lipinski definition) is 2. The lowest BCUT2D eigenvalue weighted by Crippen LogP contribution is -2.49. The number of aryl methyl sites for hydroxylation is 2. The van der Waals surface area contributed by atoms with Crippen LogP contribution in [0.5, 0.6) is 0 Å². The van der Waals surface area contributed by atoms with Crippen LogP contribution in [0.4, 0.5) is 0 Å². The Balaban J connectivity index is 3.01. The van der Waals surface area contributed by atoms with Gasteiger partial charge in [0, 0.05) is 5.56 Å². The Morgan fingerprint density at radius 2 is 1.79 bits per heavy atom. The van der Waals surface area contributed by atoms with E-state index in [4.69, 9.17) is 0 Å². The number of aliphatic carboxylic acids is 1. The summed E-state index contributed by atoms with van der Waals surface area (Å²) in [5.41, 5.74) is 1.79. The van der Waals surface area contributed by atoms with Crippen LogP contribution in [-0.2, 0) is 4.79 Å². The molecule has 0 saturated carbocycles. The summed E-state index contributed by atoms with van der Waals surface area (Å²) in [4.78, 5) is 23.5. The van der Waals surface area contributed by atoms with Crippen LogP contribution in [0.1, 0.15) is 42.3 Å². The largest absolute Gasteiger partial charge is 0.480 e. The second-order valence-electron chi connectivity index (χ2n) is 5.93. The molecule has 1 amide bonds. The van der Waals surface area contributed by atoms with Gasteiger partial charge in [-0.05, 0) is 30.9 Å². The molecule has 1 rings (SSSR count). The summed E-state index contributed by atoms with van der Waals surface area (Å²) < 4.78 is 0. The van der Waals surface area contributed by atoms with Crippen LogP contribution < -0.4 is 5.32 Å². The molecular formula is C15H21NO3. The summed E-state index contributed by atoms with van der Waals surface area (Å²) in [5.74, 6) is -1.37. The first kappa shape index (κ1) is 15.2. The maximum absolute atomic E-state index is 12.2. The number of nitrogens with one attached hydrogen (secondary N) is 1. The highest BCUT2D eigenvalue weighted by molar-refractivity contribution is 5.98. The van der Waals surface area contributed by atoms with Gasteiger partial charge in [0.15, 0.2) is 0 Å². The van der Waals surface area contributed by atoms with Crippen molar-refractivity contribution in [2.45, 2.75) is 40.7 Å². The van der Waals surface area contributed by atoms with Crippen LogP contribution in [0.15, 0.2) is 18.2 Å². The van der Waals surface area contributed by atoms with E-state index < -0.39 is 17.4 Å². The first-order chi connectivity index (χ1) is 8.62. The third-order valence-electron chi connectivity index (χ3n) is 3.03. The van der Waals surface area contributed by atoms with E-state index in [1.807, 2.05) is 26.0 Å². The minimum atomic E-state index is -1.02. The molecule has 0 spiro atoms. The van der Waals surface area contributed by atoms with E-state index in [2.05, 4.69) is 5.32 Å². The number of hydrogen-bond donors (Lipinski definition) is 2. The van der Waals surface area contributed by atoms with Gasteiger partial charge in [-0.2, -0.15) is 0 Å². The summed E-state index contributed by atoms with van der Waals surface area (Å²) in [7, 11) is 0. The van der Waals surface area contributed by atoms with Crippen LogP contribution in [0, 0.1) is 19.3 Å². The fraction of sp³-hybridized carbons (Fsp3) is 0.467. The zero-order chi connectivity index (χ0) is 14.8. The maximum Gasteiger partial charge on any atom is 0.326 e. The zero-order valence-corrected chi connectivity index (χ0v) is 12.1. The van der Waals surface area contributed by atoms with Crippen LogP contribution in [0.3, 0.4) is 0 Å². The Kier molecular flexibility index (Phi) is 4.35. The second kappa shape index (κ2) is 5.43. The van der Waals surface area contributed by atoms with E-state index in [1.165, 1.54) is 0 Å². The Bertz CT molecular complexity index is 501. The fourth-order valence-electron chi connectivity index (χ4n) is 1.84. The number of benzene rings is 1. The van der Waals surface area contributed by atoms with Crippen molar-refractivity contribution >= 4 is 11.9 Å². The summed E-state index contributed by atoms with van der Waals surface area (Å²) in [6, 6.07) is 4.63.